The monoisotopic (exact) mass is 327 g/mol. The summed E-state index contributed by atoms with van der Waals surface area (Å²) >= 11 is 0. The van der Waals surface area contributed by atoms with E-state index in [0.717, 1.165) is 39.6 Å². The summed E-state index contributed by atoms with van der Waals surface area (Å²) in [6.45, 7) is 1.99. The third-order valence-corrected chi connectivity index (χ3v) is 4.34. The van der Waals surface area contributed by atoms with Gasteiger partial charge in [-0.05, 0) is 65.4 Å². The molecular formula is C22H17NO2. The molecule has 3 nitrogen and oxygen atoms in total. The summed E-state index contributed by atoms with van der Waals surface area (Å²) in [5, 5.41) is 1.15. The number of aromatic amines is 1. The van der Waals surface area contributed by atoms with Crippen LogP contribution in [0.4, 0.5) is 0 Å². The molecule has 3 aromatic carbocycles. The average molecular weight is 327 g/mol. The lowest BCUT2D eigenvalue weighted by molar-refractivity contribution is 0.112. The van der Waals surface area contributed by atoms with Crippen molar-refractivity contribution in [1.82, 2.24) is 4.98 Å². The summed E-state index contributed by atoms with van der Waals surface area (Å²) in [6, 6.07) is 21.7. The van der Waals surface area contributed by atoms with Crippen molar-refractivity contribution in [2.45, 2.75) is 6.92 Å². The van der Waals surface area contributed by atoms with Crippen molar-refractivity contribution >= 4 is 17.2 Å². The van der Waals surface area contributed by atoms with Crippen LogP contribution < -0.4 is 4.74 Å². The fraction of sp³-hybridized carbons (Fsp3) is 0.0455. The lowest BCUT2D eigenvalue weighted by atomic mass is 10.0. The maximum Gasteiger partial charge on any atom is 0.153 e. The number of hydrogen-bond acceptors (Lipinski definition) is 2. The minimum absolute atomic E-state index is 0.537. The molecule has 1 heterocycles. The highest BCUT2D eigenvalue weighted by molar-refractivity contribution is 5.87. The van der Waals surface area contributed by atoms with E-state index in [4.69, 9.17) is 4.74 Å². The summed E-state index contributed by atoms with van der Waals surface area (Å²) < 4.78 is 6.03. The van der Waals surface area contributed by atoms with E-state index >= 15 is 0 Å². The Kier molecular flexibility index (Phi) is 3.82. The van der Waals surface area contributed by atoms with Gasteiger partial charge in [-0.1, -0.05) is 30.3 Å². The molecule has 25 heavy (non-hydrogen) atoms. The Morgan fingerprint density at radius 1 is 0.880 bits per heavy atom. The number of hydrogen-bond donors (Lipinski definition) is 1. The normalized spacial score (nSPS) is 10.8. The molecule has 0 spiro atoms. The van der Waals surface area contributed by atoms with Gasteiger partial charge in [0.2, 0.25) is 0 Å². The van der Waals surface area contributed by atoms with Gasteiger partial charge in [-0.15, -0.1) is 0 Å². The first kappa shape index (κ1) is 15.2. The van der Waals surface area contributed by atoms with Crippen LogP contribution in [0.5, 0.6) is 11.5 Å². The van der Waals surface area contributed by atoms with Crippen molar-refractivity contribution in [3.8, 4) is 22.6 Å². The maximum atomic E-state index is 11.4. The first-order valence-electron chi connectivity index (χ1n) is 8.15. The van der Waals surface area contributed by atoms with E-state index in [1.165, 1.54) is 0 Å². The van der Waals surface area contributed by atoms with Gasteiger partial charge in [-0.2, -0.15) is 0 Å². The number of fused-ring (bicyclic) bond motifs is 1. The van der Waals surface area contributed by atoms with Gasteiger partial charge >= 0.3 is 0 Å². The molecule has 0 unspecified atom stereocenters. The summed E-state index contributed by atoms with van der Waals surface area (Å²) in [6.07, 6.45) is 2.75. The number of aromatic nitrogens is 1. The van der Waals surface area contributed by atoms with Crippen LogP contribution in [0.1, 0.15) is 15.9 Å². The number of benzene rings is 3. The standard InChI is InChI=1S/C22H17NO2/c1-15-4-2-3-5-21(15)25-22-13-17(6-7-19(22)14-24)16-8-9-20-18(12-16)10-11-23-20/h2-14,23H,1H3. The molecule has 0 bridgehead atoms. The van der Waals surface area contributed by atoms with Gasteiger partial charge in [0.25, 0.3) is 0 Å². The van der Waals surface area contributed by atoms with Crippen LogP contribution in [-0.4, -0.2) is 11.3 Å². The summed E-state index contributed by atoms with van der Waals surface area (Å²) in [7, 11) is 0. The van der Waals surface area contributed by atoms with Gasteiger partial charge in [-0.25, -0.2) is 0 Å². The first-order valence-corrected chi connectivity index (χ1v) is 8.15. The van der Waals surface area contributed by atoms with Crippen LogP contribution in [0.25, 0.3) is 22.0 Å². The number of rotatable bonds is 4. The Hall–Kier alpha value is -3.33. The molecule has 3 heteroatoms. The number of ether oxygens (including phenoxy) is 1. The molecule has 0 aliphatic heterocycles. The van der Waals surface area contributed by atoms with Crippen molar-refractivity contribution in [3.63, 3.8) is 0 Å². The number of aryl methyl sites for hydroxylation is 1. The first-order chi connectivity index (χ1) is 12.2. The molecule has 4 rings (SSSR count). The third kappa shape index (κ3) is 2.92. The van der Waals surface area contributed by atoms with Crippen LogP contribution in [0.3, 0.4) is 0 Å². The zero-order valence-electron chi connectivity index (χ0n) is 13.8. The van der Waals surface area contributed by atoms with E-state index in [2.05, 4.69) is 23.2 Å². The minimum Gasteiger partial charge on any atom is -0.456 e. The van der Waals surface area contributed by atoms with Gasteiger partial charge in [0, 0.05) is 11.7 Å². The maximum absolute atomic E-state index is 11.4. The van der Waals surface area contributed by atoms with E-state index in [1.54, 1.807) is 6.07 Å². The van der Waals surface area contributed by atoms with E-state index < -0.39 is 0 Å². The predicted molar refractivity (Wildman–Crippen MR) is 100 cm³/mol. The van der Waals surface area contributed by atoms with Gasteiger partial charge < -0.3 is 9.72 Å². The molecule has 1 aromatic heterocycles. The molecule has 0 radical (unpaired) electrons. The van der Waals surface area contributed by atoms with Crippen LogP contribution in [0.2, 0.25) is 0 Å². The number of para-hydroxylation sites is 1. The summed E-state index contributed by atoms with van der Waals surface area (Å²) in [5.41, 5.74) is 4.76. The third-order valence-electron chi connectivity index (χ3n) is 4.34. The average Bonchev–Trinajstić information content (AvgIpc) is 3.11. The van der Waals surface area contributed by atoms with Gasteiger partial charge in [0.1, 0.15) is 11.5 Å². The van der Waals surface area contributed by atoms with Gasteiger partial charge in [0.15, 0.2) is 6.29 Å². The van der Waals surface area contributed by atoms with E-state index in [0.29, 0.717) is 11.3 Å². The topological polar surface area (TPSA) is 42.1 Å². The Balaban J connectivity index is 1.77. The Bertz CT molecular complexity index is 1060. The molecule has 4 aromatic rings. The molecule has 0 saturated carbocycles. The van der Waals surface area contributed by atoms with Gasteiger partial charge in [-0.3, -0.25) is 4.79 Å². The van der Waals surface area contributed by atoms with Crippen LogP contribution in [0, 0.1) is 6.92 Å². The molecule has 0 amide bonds. The SMILES string of the molecule is Cc1ccccc1Oc1cc(-c2ccc3[nH]ccc3c2)ccc1C=O. The number of nitrogens with one attached hydrogen (secondary N) is 1. The molecule has 0 atom stereocenters. The summed E-state index contributed by atoms with van der Waals surface area (Å²) in [4.78, 5) is 14.6. The number of carbonyl (C=O) groups is 1. The largest absolute Gasteiger partial charge is 0.456 e. The smallest absolute Gasteiger partial charge is 0.153 e. The van der Waals surface area contributed by atoms with E-state index in [9.17, 15) is 4.79 Å². The van der Waals surface area contributed by atoms with Crippen LogP contribution >= 0.6 is 0 Å². The highest BCUT2D eigenvalue weighted by Gasteiger charge is 2.09. The summed E-state index contributed by atoms with van der Waals surface area (Å²) in [5.74, 6) is 1.32. The van der Waals surface area contributed by atoms with E-state index in [-0.39, 0.29) is 0 Å². The number of H-pyrrole nitrogens is 1. The number of carbonyl (C=O) groups excluding carboxylic acids is 1. The highest BCUT2D eigenvalue weighted by Crippen LogP contribution is 2.32. The molecule has 122 valence electrons. The Labute approximate surface area is 145 Å². The highest BCUT2D eigenvalue weighted by atomic mass is 16.5. The quantitative estimate of drug-likeness (QED) is 0.485. The minimum atomic E-state index is 0.537. The fourth-order valence-corrected chi connectivity index (χ4v) is 2.92. The van der Waals surface area contributed by atoms with E-state index in [1.807, 2.05) is 55.6 Å². The van der Waals surface area contributed by atoms with Crippen LogP contribution in [-0.2, 0) is 0 Å². The van der Waals surface area contributed by atoms with Gasteiger partial charge in [0.05, 0.1) is 5.56 Å². The van der Waals surface area contributed by atoms with Crippen molar-refractivity contribution < 1.29 is 9.53 Å². The predicted octanol–water partition coefficient (Wildman–Crippen LogP) is 5.75. The van der Waals surface area contributed by atoms with Crippen LogP contribution in [0.15, 0.2) is 72.9 Å². The van der Waals surface area contributed by atoms with Crippen molar-refractivity contribution in [2.75, 3.05) is 0 Å². The lowest BCUT2D eigenvalue weighted by Crippen LogP contribution is -1.93. The molecule has 1 N–H and O–H groups in total. The molecule has 0 fully saturated rings. The molecule has 0 aliphatic carbocycles. The molecule has 0 aliphatic rings. The second-order valence-electron chi connectivity index (χ2n) is 6.02. The van der Waals surface area contributed by atoms with Crippen molar-refractivity contribution in [1.29, 1.82) is 0 Å². The lowest BCUT2D eigenvalue weighted by Gasteiger charge is -2.12. The van der Waals surface area contributed by atoms with Crippen molar-refractivity contribution in [2.24, 2.45) is 0 Å². The second kappa shape index (κ2) is 6.29. The molecule has 0 saturated heterocycles. The number of aldehydes is 1. The zero-order chi connectivity index (χ0) is 17.2. The molecular weight excluding hydrogens is 310 g/mol. The Morgan fingerprint density at radius 2 is 1.68 bits per heavy atom. The zero-order valence-corrected chi connectivity index (χ0v) is 13.8. The fourth-order valence-electron chi connectivity index (χ4n) is 2.92. The second-order valence-corrected chi connectivity index (χ2v) is 6.02. The Morgan fingerprint density at radius 3 is 2.52 bits per heavy atom. The van der Waals surface area contributed by atoms with Crippen molar-refractivity contribution in [3.05, 3.63) is 84.1 Å².